The molecule has 0 atom stereocenters. The molecule has 0 aliphatic heterocycles. The van der Waals surface area contributed by atoms with E-state index in [4.69, 9.17) is 0 Å². The van der Waals surface area contributed by atoms with Gasteiger partial charge in [-0.1, -0.05) is 36.9 Å². The zero-order chi connectivity index (χ0) is 18.6. The van der Waals surface area contributed by atoms with Crippen LogP contribution in [0.5, 0.6) is 0 Å². The molecule has 27 heavy (non-hydrogen) atoms. The van der Waals surface area contributed by atoms with Crippen LogP contribution in [-0.4, -0.2) is 14.5 Å². The van der Waals surface area contributed by atoms with Crippen LogP contribution in [0.2, 0.25) is 0 Å². The van der Waals surface area contributed by atoms with Crippen LogP contribution < -0.4 is 5.56 Å². The molecule has 0 saturated carbocycles. The van der Waals surface area contributed by atoms with Crippen LogP contribution in [-0.2, 0) is 0 Å². The second-order valence-electron chi connectivity index (χ2n) is 6.06. The van der Waals surface area contributed by atoms with Gasteiger partial charge in [-0.2, -0.15) is 0 Å². The number of pyridine rings is 3. The van der Waals surface area contributed by atoms with Crippen LogP contribution in [0.25, 0.3) is 22.5 Å². The number of hydrogen-bond donors (Lipinski definition) is 0. The summed E-state index contributed by atoms with van der Waals surface area (Å²) in [5.74, 6) is 0. The topological polar surface area (TPSA) is 47.8 Å². The molecule has 4 heteroatoms. The predicted octanol–water partition coefficient (Wildman–Crippen LogP) is 4.36. The number of rotatable bonds is 4. The molecule has 0 fully saturated rings. The summed E-state index contributed by atoms with van der Waals surface area (Å²) in [6.45, 7) is 4.13. The molecule has 1 aromatic carbocycles. The van der Waals surface area contributed by atoms with Crippen LogP contribution in [0.15, 0.2) is 103 Å². The summed E-state index contributed by atoms with van der Waals surface area (Å²) in [7, 11) is 0. The Kier molecular flexibility index (Phi) is 4.45. The molecule has 4 rings (SSSR count). The third-order valence-corrected chi connectivity index (χ3v) is 4.31. The summed E-state index contributed by atoms with van der Waals surface area (Å²) in [5.41, 5.74) is 4.03. The first-order valence-corrected chi connectivity index (χ1v) is 8.58. The maximum absolute atomic E-state index is 13.2. The van der Waals surface area contributed by atoms with Crippen LogP contribution in [0, 0.1) is 0 Å². The van der Waals surface area contributed by atoms with E-state index in [1.165, 1.54) is 0 Å². The summed E-state index contributed by atoms with van der Waals surface area (Å²) in [6, 6.07) is 22.6. The summed E-state index contributed by atoms with van der Waals surface area (Å²) in [5, 5.41) is 0. The van der Waals surface area contributed by atoms with Gasteiger partial charge in [-0.05, 0) is 42.5 Å². The molecule has 0 unspecified atom stereocenters. The lowest BCUT2D eigenvalue weighted by Crippen LogP contribution is -2.22. The number of nitrogens with zero attached hydrogens (tertiary/aromatic N) is 3. The highest BCUT2D eigenvalue weighted by Crippen LogP contribution is 2.23. The van der Waals surface area contributed by atoms with Gasteiger partial charge in [-0.25, -0.2) is 0 Å². The van der Waals surface area contributed by atoms with E-state index >= 15 is 0 Å². The molecule has 130 valence electrons. The summed E-state index contributed by atoms with van der Waals surface area (Å²) in [6.07, 6.45) is 5.24. The van der Waals surface area contributed by atoms with Gasteiger partial charge >= 0.3 is 0 Å². The molecule has 0 aliphatic carbocycles. The van der Waals surface area contributed by atoms with Gasteiger partial charge in [-0.3, -0.25) is 19.3 Å². The molecule has 0 amide bonds. The minimum Gasteiger partial charge on any atom is -0.283 e. The largest absolute Gasteiger partial charge is 0.283 e. The quantitative estimate of drug-likeness (QED) is 0.549. The Morgan fingerprint density at radius 1 is 0.852 bits per heavy atom. The fourth-order valence-electron chi connectivity index (χ4n) is 2.93. The highest BCUT2D eigenvalue weighted by Gasteiger charge is 2.14. The Bertz CT molecular complexity index is 1130. The van der Waals surface area contributed by atoms with E-state index in [2.05, 4.69) is 16.5 Å². The number of benzene rings is 1. The lowest BCUT2D eigenvalue weighted by molar-refractivity contribution is 0.982. The Morgan fingerprint density at radius 3 is 2.22 bits per heavy atom. The minimum atomic E-state index is -0.142. The average molecular weight is 351 g/mol. The van der Waals surface area contributed by atoms with Gasteiger partial charge in [0.2, 0.25) is 0 Å². The van der Waals surface area contributed by atoms with Gasteiger partial charge in [-0.15, -0.1) is 0 Å². The van der Waals surface area contributed by atoms with Gasteiger partial charge in [0.1, 0.15) is 0 Å². The van der Waals surface area contributed by atoms with E-state index in [0.717, 1.165) is 16.9 Å². The maximum Gasteiger partial charge on any atom is 0.263 e. The van der Waals surface area contributed by atoms with Crippen molar-refractivity contribution in [3.05, 3.63) is 120 Å². The molecule has 0 saturated heterocycles. The molecule has 3 aromatic heterocycles. The highest BCUT2D eigenvalue weighted by atomic mass is 16.1. The van der Waals surface area contributed by atoms with Crippen molar-refractivity contribution in [3.63, 3.8) is 0 Å². The van der Waals surface area contributed by atoms with Gasteiger partial charge in [0.05, 0.1) is 11.4 Å². The second kappa shape index (κ2) is 7.22. The second-order valence-corrected chi connectivity index (χ2v) is 6.06. The predicted molar refractivity (Wildman–Crippen MR) is 108 cm³/mol. The van der Waals surface area contributed by atoms with Crippen molar-refractivity contribution < 1.29 is 0 Å². The van der Waals surface area contributed by atoms with Gasteiger partial charge in [0.25, 0.3) is 5.56 Å². The highest BCUT2D eigenvalue weighted by molar-refractivity contribution is 5.78. The van der Waals surface area contributed by atoms with E-state index < -0.39 is 0 Å². The number of para-hydroxylation sites is 1. The molecular weight excluding hydrogens is 334 g/mol. The van der Waals surface area contributed by atoms with Crippen LogP contribution >= 0.6 is 0 Å². The first kappa shape index (κ1) is 16.7. The van der Waals surface area contributed by atoms with Gasteiger partial charge < -0.3 is 0 Å². The Hall–Kier alpha value is -3.79. The molecule has 0 aliphatic rings. The van der Waals surface area contributed by atoms with Crippen LogP contribution in [0.4, 0.5) is 0 Å². The molecule has 0 radical (unpaired) electrons. The fourth-order valence-corrected chi connectivity index (χ4v) is 2.93. The SMILES string of the molecule is C=C(c1ccccn1)c1cc(-c2ccccn2)cn(-c2ccccc2)c1=O. The normalized spacial score (nSPS) is 10.5. The van der Waals surface area contributed by atoms with Crippen LogP contribution in [0.3, 0.4) is 0 Å². The molecule has 4 nitrogen and oxygen atoms in total. The smallest absolute Gasteiger partial charge is 0.263 e. The summed E-state index contributed by atoms with van der Waals surface area (Å²) >= 11 is 0. The summed E-state index contributed by atoms with van der Waals surface area (Å²) in [4.78, 5) is 22.0. The zero-order valence-corrected chi connectivity index (χ0v) is 14.6. The van der Waals surface area contributed by atoms with E-state index in [-0.39, 0.29) is 5.56 Å². The monoisotopic (exact) mass is 351 g/mol. The molecule has 0 bridgehead atoms. The molecule has 4 aromatic rings. The third-order valence-electron chi connectivity index (χ3n) is 4.31. The van der Waals surface area contributed by atoms with E-state index in [0.29, 0.717) is 16.8 Å². The van der Waals surface area contributed by atoms with Crippen molar-refractivity contribution in [2.45, 2.75) is 0 Å². The van der Waals surface area contributed by atoms with E-state index in [1.54, 1.807) is 17.0 Å². The van der Waals surface area contributed by atoms with Crippen molar-refractivity contribution >= 4 is 5.57 Å². The number of aromatic nitrogens is 3. The van der Waals surface area contributed by atoms with Gasteiger partial charge in [0.15, 0.2) is 0 Å². The maximum atomic E-state index is 13.2. The lowest BCUT2D eigenvalue weighted by atomic mass is 10.0. The lowest BCUT2D eigenvalue weighted by Gasteiger charge is -2.13. The van der Waals surface area contributed by atoms with Crippen molar-refractivity contribution in [2.24, 2.45) is 0 Å². The molecular formula is C23H17N3O. The summed E-state index contributed by atoms with van der Waals surface area (Å²) < 4.78 is 1.63. The van der Waals surface area contributed by atoms with Crippen molar-refractivity contribution in [3.8, 4) is 16.9 Å². The Balaban J connectivity index is 1.95. The standard InChI is InChI=1S/C23H17N3O/c1-17(21-11-5-7-13-24-21)20-15-18(22-12-6-8-14-25-22)16-26(23(20)27)19-9-3-2-4-10-19/h2-16H,1H2. The van der Waals surface area contributed by atoms with E-state index in [9.17, 15) is 4.79 Å². The molecule has 3 heterocycles. The minimum absolute atomic E-state index is 0.142. The third kappa shape index (κ3) is 3.33. The first-order valence-electron chi connectivity index (χ1n) is 8.58. The van der Waals surface area contributed by atoms with E-state index in [1.807, 2.05) is 79.0 Å². The van der Waals surface area contributed by atoms with Crippen molar-refractivity contribution in [2.75, 3.05) is 0 Å². The molecule has 0 spiro atoms. The van der Waals surface area contributed by atoms with Crippen LogP contribution in [0.1, 0.15) is 11.3 Å². The Morgan fingerprint density at radius 2 is 1.56 bits per heavy atom. The molecule has 0 N–H and O–H groups in total. The number of hydrogen-bond acceptors (Lipinski definition) is 3. The van der Waals surface area contributed by atoms with Crippen molar-refractivity contribution in [1.82, 2.24) is 14.5 Å². The Labute approximate surface area is 157 Å². The first-order chi connectivity index (χ1) is 13.2. The van der Waals surface area contributed by atoms with Gasteiger partial charge in [0, 0.05) is 41.0 Å². The fraction of sp³-hybridized carbons (Fsp3) is 0. The van der Waals surface area contributed by atoms with Crippen molar-refractivity contribution in [1.29, 1.82) is 0 Å². The zero-order valence-electron chi connectivity index (χ0n) is 14.6. The average Bonchev–Trinajstić information content (AvgIpc) is 2.75.